The molecular formula is C24H32N3O5+. The van der Waals surface area contributed by atoms with Crippen LogP contribution < -0.4 is 9.73 Å². The van der Waals surface area contributed by atoms with Crippen molar-refractivity contribution in [2.45, 2.75) is 75.8 Å². The number of rotatable bonds is 5. The van der Waals surface area contributed by atoms with Gasteiger partial charge in [-0.15, -0.1) is 4.99 Å². The number of carbonyl (C=O) groups is 2. The molecule has 1 aromatic rings. The zero-order valence-electron chi connectivity index (χ0n) is 18.6. The van der Waals surface area contributed by atoms with Gasteiger partial charge in [0.1, 0.15) is 11.9 Å². The monoisotopic (exact) mass is 442 g/mol. The third-order valence-electron chi connectivity index (χ3n) is 7.50. The predicted molar refractivity (Wildman–Crippen MR) is 117 cm³/mol. The Kier molecular flexibility index (Phi) is 5.90. The number of amides is 2. The highest BCUT2D eigenvalue weighted by Gasteiger charge is 2.41. The van der Waals surface area contributed by atoms with Gasteiger partial charge in [-0.05, 0) is 62.3 Å². The lowest BCUT2D eigenvalue weighted by molar-refractivity contribution is -0.394. The number of carbonyl (C=O) groups excluding carboxylic acids is 2. The highest BCUT2D eigenvalue weighted by Crippen LogP contribution is 2.33. The van der Waals surface area contributed by atoms with E-state index in [0.717, 1.165) is 50.1 Å². The first-order valence-electron chi connectivity index (χ1n) is 11.8. The van der Waals surface area contributed by atoms with Gasteiger partial charge in [-0.25, -0.2) is 4.79 Å². The number of likely N-dealkylation sites (tertiary alicyclic amines) is 1. The Bertz CT molecular complexity index is 924. The van der Waals surface area contributed by atoms with Crippen molar-refractivity contribution < 1.29 is 29.2 Å². The molecule has 0 spiro atoms. The van der Waals surface area contributed by atoms with Gasteiger partial charge in [0, 0.05) is 38.3 Å². The second-order valence-electron chi connectivity index (χ2n) is 9.37. The molecule has 1 aliphatic carbocycles. The molecule has 8 nitrogen and oxygen atoms in total. The van der Waals surface area contributed by atoms with Crippen molar-refractivity contribution in [1.29, 1.82) is 0 Å². The Morgan fingerprint density at radius 2 is 1.91 bits per heavy atom. The van der Waals surface area contributed by atoms with E-state index >= 15 is 0 Å². The molecule has 3 heterocycles. The van der Waals surface area contributed by atoms with E-state index in [2.05, 4.69) is 9.89 Å². The van der Waals surface area contributed by atoms with Crippen molar-refractivity contribution in [1.82, 2.24) is 9.80 Å². The minimum atomic E-state index is -0.480. The highest BCUT2D eigenvalue weighted by molar-refractivity contribution is 6.01. The average molecular weight is 443 g/mol. The molecule has 1 unspecified atom stereocenters. The van der Waals surface area contributed by atoms with E-state index in [9.17, 15) is 14.7 Å². The largest absolute Gasteiger partial charge is 0.489 e. The van der Waals surface area contributed by atoms with Gasteiger partial charge in [0.2, 0.25) is 0 Å². The van der Waals surface area contributed by atoms with Crippen molar-refractivity contribution in [3.05, 3.63) is 29.3 Å². The van der Waals surface area contributed by atoms with Crippen LogP contribution in [0.25, 0.3) is 0 Å². The summed E-state index contributed by atoms with van der Waals surface area (Å²) in [5, 5.41) is 10.2. The molecule has 3 aliphatic heterocycles. The van der Waals surface area contributed by atoms with Gasteiger partial charge < -0.3 is 19.5 Å². The number of fused-ring (bicyclic) bond motifs is 1. The van der Waals surface area contributed by atoms with E-state index in [1.807, 2.05) is 18.2 Å². The predicted octanol–water partition coefficient (Wildman–Crippen LogP) is 0.779. The maximum Gasteiger partial charge on any atom is 0.388 e. The molecule has 0 bridgehead atoms. The van der Waals surface area contributed by atoms with Crippen molar-refractivity contribution >= 4 is 17.7 Å². The Morgan fingerprint density at radius 1 is 1.09 bits per heavy atom. The molecular weight excluding hydrogens is 410 g/mol. The number of aliphatic hydroxyl groups is 1. The van der Waals surface area contributed by atoms with Crippen LogP contribution in [-0.4, -0.2) is 77.1 Å². The third kappa shape index (κ3) is 4.01. The highest BCUT2D eigenvalue weighted by atomic mass is 16.5. The van der Waals surface area contributed by atoms with Crippen LogP contribution in [0.5, 0.6) is 5.75 Å². The van der Waals surface area contributed by atoms with Crippen molar-refractivity contribution in [3.63, 3.8) is 0 Å². The third-order valence-corrected chi connectivity index (χ3v) is 7.50. The molecule has 1 aromatic carbocycles. The number of hydrogen-bond donors (Lipinski definition) is 2. The summed E-state index contributed by atoms with van der Waals surface area (Å²) in [5.41, 5.74) is 1.55. The standard InChI is InChI=1S/C24H31N3O5/c1-31-16-9-11-26(12-10-16)19-3-2-4-21(19)32-17-5-6-18-15(13-17)14-27(24(18)30)20-7-8-22(28)25-23(20)29/h5-6,13,16,19-21H,2-4,7-12,14H2,1H3,(H,25,28,29)/p+1/t19-,20?,21-/m0/s1. The van der Waals surface area contributed by atoms with Crippen LogP contribution in [0.4, 0.5) is 0 Å². The molecule has 8 heteroatoms. The molecule has 172 valence electrons. The number of ether oxygens (including phenoxy) is 2. The summed E-state index contributed by atoms with van der Waals surface area (Å²) in [5.74, 6) is 0.340. The van der Waals surface area contributed by atoms with Crippen LogP contribution in [0.3, 0.4) is 0 Å². The molecule has 2 fully saturated rings. The first-order chi connectivity index (χ1) is 15.5. The fourth-order valence-electron chi connectivity index (χ4n) is 5.72. The lowest BCUT2D eigenvalue weighted by Crippen LogP contribution is -2.82. The topological polar surface area (TPSA) is 93.3 Å². The van der Waals surface area contributed by atoms with Gasteiger partial charge in [0.15, 0.2) is 6.04 Å². The number of nitrogens with one attached hydrogen (secondary N) is 1. The Hall–Kier alpha value is -2.45. The number of hydrogen-bond acceptors (Lipinski definition) is 5. The molecule has 5 rings (SSSR count). The van der Waals surface area contributed by atoms with E-state index < -0.39 is 6.04 Å². The van der Waals surface area contributed by atoms with Gasteiger partial charge in [-0.2, -0.15) is 0 Å². The van der Waals surface area contributed by atoms with Gasteiger partial charge in [-0.1, -0.05) is 0 Å². The maximum absolute atomic E-state index is 12.9. The number of methoxy groups -OCH3 is 1. The zero-order valence-corrected chi connectivity index (χ0v) is 18.6. The normalized spacial score (nSPS) is 29.3. The zero-order chi connectivity index (χ0) is 22.2. The quantitative estimate of drug-likeness (QED) is 0.700. The lowest BCUT2D eigenvalue weighted by atomic mass is 10.0. The van der Waals surface area contributed by atoms with Crippen LogP contribution in [0, 0.1) is 0 Å². The first kappa shape index (κ1) is 21.4. The molecule has 0 radical (unpaired) electrons. The average Bonchev–Trinajstić information content (AvgIpc) is 3.38. The number of nitrogens with zero attached hydrogens (tertiary/aromatic N) is 2. The second-order valence-corrected chi connectivity index (χ2v) is 9.37. The van der Waals surface area contributed by atoms with E-state index in [-0.39, 0.29) is 23.8 Å². The van der Waals surface area contributed by atoms with E-state index in [4.69, 9.17) is 9.47 Å². The molecule has 1 saturated carbocycles. The van der Waals surface area contributed by atoms with Gasteiger partial charge >= 0.3 is 11.8 Å². The van der Waals surface area contributed by atoms with E-state index in [1.165, 1.54) is 6.42 Å². The molecule has 1 saturated heterocycles. The summed E-state index contributed by atoms with van der Waals surface area (Å²) in [6.45, 7) is 2.51. The van der Waals surface area contributed by atoms with Gasteiger partial charge in [-0.3, -0.25) is 9.69 Å². The second kappa shape index (κ2) is 8.83. The lowest BCUT2D eigenvalue weighted by Gasteiger charge is -2.38. The van der Waals surface area contributed by atoms with Crippen LogP contribution in [-0.2, 0) is 16.1 Å². The van der Waals surface area contributed by atoms with Crippen LogP contribution >= 0.6 is 0 Å². The minimum Gasteiger partial charge on any atom is -0.489 e. The summed E-state index contributed by atoms with van der Waals surface area (Å²) in [4.78, 5) is 31.1. The van der Waals surface area contributed by atoms with Crippen molar-refractivity contribution in [2.24, 2.45) is 0 Å². The summed E-state index contributed by atoms with van der Waals surface area (Å²) in [6, 6.07) is 5.64. The van der Waals surface area contributed by atoms with Crippen LogP contribution in [0.2, 0.25) is 0 Å². The number of benzene rings is 1. The summed E-state index contributed by atoms with van der Waals surface area (Å²) < 4.78 is 12.0. The molecule has 3 atom stereocenters. The molecule has 0 aromatic heterocycles. The van der Waals surface area contributed by atoms with Crippen molar-refractivity contribution in [3.8, 4) is 5.75 Å². The minimum absolute atomic E-state index is 0.112. The van der Waals surface area contributed by atoms with Crippen molar-refractivity contribution in [2.75, 3.05) is 20.2 Å². The van der Waals surface area contributed by atoms with Crippen LogP contribution in [0.1, 0.15) is 60.9 Å². The first-order valence-corrected chi connectivity index (χ1v) is 11.8. The smallest absolute Gasteiger partial charge is 0.388 e. The molecule has 32 heavy (non-hydrogen) atoms. The maximum atomic E-state index is 12.9. The van der Waals surface area contributed by atoms with Gasteiger partial charge in [0.05, 0.1) is 12.5 Å². The van der Waals surface area contributed by atoms with E-state index in [0.29, 0.717) is 37.1 Å². The number of aliphatic hydroxyl groups excluding tert-OH is 1. The molecule has 2 N–H and O–H groups in total. The van der Waals surface area contributed by atoms with Crippen LogP contribution in [0.15, 0.2) is 18.2 Å². The van der Waals surface area contributed by atoms with Gasteiger partial charge in [0.25, 0.3) is 5.91 Å². The summed E-state index contributed by atoms with van der Waals surface area (Å²) in [7, 11) is 1.80. The SMILES string of the molecule is COC1CCN([C@H]2CCC[C@@H]2Oc2ccc3c(c2)CN(C2CCC(=O)[NH+]=C2O)C3=O)CC1. The Labute approximate surface area is 188 Å². The Balaban J connectivity index is 1.26. The fourth-order valence-corrected chi connectivity index (χ4v) is 5.72. The molecule has 2 amide bonds. The summed E-state index contributed by atoms with van der Waals surface area (Å²) in [6.07, 6.45) is 6.77. The van der Waals surface area contributed by atoms with E-state index in [1.54, 1.807) is 12.0 Å². The number of piperidine rings is 1. The summed E-state index contributed by atoms with van der Waals surface area (Å²) >= 11 is 0. The Morgan fingerprint density at radius 3 is 2.66 bits per heavy atom. The molecule has 4 aliphatic rings. The fraction of sp³-hybridized carbons (Fsp3) is 0.625.